The molecule has 166 valence electrons. The van der Waals surface area contributed by atoms with Crippen LogP contribution < -0.4 is 14.8 Å². The van der Waals surface area contributed by atoms with Gasteiger partial charge in [0, 0.05) is 32.4 Å². The van der Waals surface area contributed by atoms with Gasteiger partial charge in [-0.3, -0.25) is 0 Å². The van der Waals surface area contributed by atoms with Crippen LogP contribution >= 0.6 is 23.2 Å². The lowest BCUT2D eigenvalue weighted by Crippen LogP contribution is -2.32. The number of halogens is 2. The monoisotopic (exact) mass is 467 g/mol. The number of allylic oxidation sites excluding steroid dienone is 1. The summed E-state index contributed by atoms with van der Waals surface area (Å²) in [6.45, 7) is 8.87. The van der Waals surface area contributed by atoms with E-state index < -0.39 is 0 Å². The van der Waals surface area contributed by atoms with Gasteiger partial charge in [-0.1, -0.05) is 41.4 Å². The van der Waals surface area contributed by atoms with Crippen molar-refractivity contribution in [1.29, 1.82) is 0 Å². The summed E-state index contributed by atoms with van der Waals surface area (Å²) in [4.78, 5) is 0. The van der Waals surface area contributed by atoms with Gasteiger partial charge in [0.25, 0.3) is 0 Å². The molecule has 0 spiro atoms. The van der Waals surface area contributed by atoms with Crippen molar-refractivity contribution in [2.75, 3.05) is 12.4 Å². The molecule has 1 aliphatic rings. The lowest BCUT2D eigenvalue weighted by molar-refractivity contribution is 0.304. The summed E-state index contributed by atoms with van der Waals surface area (Å²) >= 11 is 12.6. The standard InChI is InChI=1S/C27H27Cl2NO2/c1-16-6-7-19(29)13-25(16)32-15-22-20(21-12-18(28)8-11-24(21)31-5)9-10-23-26(22)17(2)14-27(3,4)30-23/h6-14,30H,15H2,1-5H3. The Balaban J connectivity index is 1.89. The van der Waals surface area contributed by atoms with Gasteiger partial charge in [-0.25, -0.2) is 0 Å². The highest BCUT2D eigenvalue weighted by atomic mass is 35.5. The largest absolute Gasteiger partial charge is 0.496 e. The molecule has 0 fully saturated rings. The maximum absolute atomic E-state index is 6.37. The zero-order valence-corrected chi connectivity index (χ0v) is 20.5. The highest BCUT2D eigenvalue weighted by molar-refractivity contribution is 6.31. The molecular weight excluding hydrogens is 441 g/mol. The van der Waals surface area contributed by atoms with Crippen LogP contribution in [0.3, 0.4) is 0 Å². The van der Waals surface area contributed by atoms with Crippen LogP contribution in [0.15, 0.2) is 54.6 Å². The molecule has 0 bridgehead atoms. The average molecular weight is 468 g/mol. The minimum Gasteiger partial charge on any atom is -0.496 e. The molecule has 0 aliphatic carbocycles. The van der Waals surface area contributed by atoms with Crippen molar-refractivity contribution in [3.63, 3.8) is 0 Å². The van der Waals surface area contributed by atoms with Crippen LogP contribution in [0, 0.1) is 6.92 Å². The number of benzene rings is 3. The molecule has 5 heteroatoms. The topological polar surface area (TPSA) is 30.5 Å². The quantitative estimate of drug-likeness (QED) is 0.410. The van der Waals surface area contributed by atoms with Gasteiger partial charge in [-0.15, -0.1) is 0 Å². The van der Waals surface area contributed by atoms with E-state index in [1.165, 1.54) is 5.57 Å². The molecule has 1 heterocycles. The normalized spacial score (nSPS) is 14.3. The SMILES string of the molecule is COc1ccc(Cl)cc1-c1ccc2c(c1COc1cc(Cl)ccc1C)C(C)=CC(C)(C)N2. The van der Waals surface area contributed by atoms with Crippen molar-refractivity contribution in [2.45, 2.75) is 39.8 Å². The van der Waals surface area contributed by atoms with E-state index in [2.05, 4.69) is 44.3 Å². The predicted octanol–water partition coefficient (Wildman–Crippen LogP) is 8.16. The first-order valence-corrected chi connectivity index (χ1v) is 11.3. The highest BCUT2D eigenvalue weighted by Crippen LogP contribution is 2.43. The Bertz CT molecular complexity index is 1210. The fraction of sp³-hybridized carbons (Fsp3) is 0.259. The maximum Gasteiger partial charge on any atom is 0.126 e. The Morgan fingerprint density at radius 3 is 2.34 bits per heavy atom. The van der Waals surface area contributed by atoms with Crippen LogP contribution in [-0.2, 0) is 6.61 Å². The maximum atomic E-state index is 6.37. The highest BCUT2D eigenvalue weighted by Gasteiger charge is 2.27. The number of aryl methyl sites for hydroxylation is 1. The number of anilines is 1. The molecular formula is C27H27Cl2NO2. The molecule has 0 radical (unpaired) electrons. The molecule has 0 amide bonds. The lowest BCUT2D eigenvalue weighted by Gasteiger charge is -2.33. The predicted molar refractivity (Wildman–Crippen MR) is 135 cm³/mol. The fourth-order valence-electron chi connectivity index (χ4n) is 4.37. The Hall–Kier alpha value is -2.62. The minimum atomic E-state index is -0.131. The van der Waals surface area contributed by atoms with Crippen LogP contribution in [0.25, 0.3) is 16.7 Å². The molecule has 0 atom stereocenters. The summed E-state index contributed by atoms with van der Waals surface area (Å²) in [5.41, 5.74) is 7.36. The zero-order valence-electron chi connectivity index (χ0n) is 19.0. The summed E-state index contributed by atoms with van der Waals surface area (Å²) in [5.74, 6) is 1.53. The van der Waals surface area contributed by atoms with E-state index in [1.54, 1.807) is 7.11 Å². The first-order valence-electron chi connectivity index (χ1n) is 10.6. The minimum absolute atomic E-state index is 0.131. The molecule has 0 aromatic heterocycles. The van der Waals surface area contributed by atoms with Gasteiger partial charge in [0.1, 0.15) is 18.1 Å². The third-order valence-electron chi connectivity index (χ3n) is 5.72. The summed E-state index contributed by atoms with van der Waals surface area (Å²) in [6, 6.07) is 15.6. The Labute approximate surface area is 200 Å². The smallest absolute Gasteiger partial charge is 0.126 e. The van der Waals surface area contributed by atoms with Crippen molar-refractivity contribution in [3.05, 3.63) is 81.3 Å². The molecule has 0 saturated carbocycles. The molecule has 1 N–H and O–H groups in total. The Morgan fingerprint density at radius 1 is 0.875 bits per heavy atom. The number of hydrogen-bond acceptors (Lipinski definition) is 3. The number of nitrogens with one attached hydrogen (secondary N) is 1. The van der Waals surface area contributed by atoms with E-state index in [0.29, 0.717) is 16.7 Å². The molecule has 0 saturated heterocycles. The zero-order chi connectivity index (χ0) is 23.0. The van der Waals surface area contributed by atoms with E-state index in [1.807, 2.05) is 43.3 Å². The van der Waals surface area contributed by atoms with E-state index in [4.69, 9.17) is 32.7 Å². The van der Waals surface area contributed by atoms with Crippen molar-refractivity contribution in [3.8, 4) is 22.6 Å². The summed E-state index contributed by atoms with van der Waals surface area (Å²) < 4.78 is 12.0. The van der Waals surface area contributed by atoms with Gasteiger partial charge in [0.15, 0.2) is 0 Å². The van der Waals surface area contributed by atoms with Crippen molar-refractivity contribution in [2.24, 2.45) is 0 Å². The lowest BCUT2D eigenvalue weighted by atomic mass is 9.85. The molecule has 3 nitrogen and oxygen atoms in total. The van der Waals surface area contributed by atoms with Gasteiger partial charge in [0.05, 0.1) is 12.6 Å². The summed E-state index contributed by atoms with van der Waals surface area (Å²) in [6.07, 6.45) is 2.25. The number of rotatable bonds is 5. The van der Waals surface area contributed by atoms with E-state index in [9.17, 15) is 0 Å². The van der Waals surface area contributed by atoms with E-state index >= 15 is 0 Å². The third kappa shape index (κ3) is 4.46. The van der Waals surface area contributed by atoms with Gasteiger partial charge in [-0.05, 0) is 80.8 Å². The van der Waals surface area contributed by atoms with E-state index in [0.717, 1.165) is 45.0 Å². The summed E-state index contributed by atoms with van der Waals surface area (Å²) in [7, 11) is 1.67. The van der Waals surface area contributed by atoms with Crippen LogP contribution in [0.5, 0.6) is 11.5 Å². The third-order valence-corrected chi connectivity index (χ3v) is 6.19. The molecule has 3 aromatic rings. The summed E-state index contributed by atoms with van der Waals surface area (Å²) in [5, 5.41) is 4.94. The molecule has 4 rings (SSSR count). The van der Waals surface area contributed by atoms with Crippen LogP contribution in [0.1, 0.15) is 37.5 Å². The van der Waals surface area contributed by atoms with Crippen LogP contribution in [0.4, 0.5) is 5.69 Å². The fourth-order valence-corrected chi connectivity index (χ4v) is 4.71. The van der Waals surface area contributed by atoms with Crippen molar-refractivity contribution < 1.29 is 9.47 Å². The van der Waals surface area contributed by atoms with Gasteiger partial charge in [-0.2, -0.15) is 0 Å². The first-order chi connectivity index (χ1) is 15.2. The second-order valence-electron chi connectivity index (χ2n) is 8.73. The number of hydrogen-bond donors (Lipinski definition) is 1. The van der Waals surface area contributed by atoms with Gasteiger partial charge in [0.2, 0.25) is 0 Å². The average Bonchev–Trinajstić information content (AvgIpc) is 2.73. The molecule has 32 heavy (non-hydrogen) atoms. The van der Waals surface area contributed by atoms with Crippen molar-refractivity contribution >= 4 is 34.5 Å². The second kappa shape index (κ2) is 8.73. The Kier molecular flexibility index (Phi) is 6.15. The molecule has 3 aromatic carbocycles. The number of methoxy groups -OCH3 is 1. The van der Waals surface area contributed by atoms with Crippen LogP contribution in [0.2, 0.25) is 10.0 Å². The van der Waals surface area contributed by atoms with Gasteiger partial charge >= 0.3 is 0 Å². The van der Waals surface area contributed by atoms with Gasteiger partial charge < -0.3 is 14.8 Å². The van der Waals surface area contributed by atoms with Crippen molar-refractivity contribution in [1.82, 2.24) is 0 Å². The molecule has 0 unspecified atom stereocenters. The number of ether oxygens (including phenoxy) is 2. The molecule has 1 aliphatic heterocycles. The second-order valence-corrected chi connectivity index (χ2v) is 9.60. The first kappa shape index (κ1) is 22.6. The number of fused-ring (bicyclic) bond motifs is 1. The van der Waals surface area contributed by atoms with Crippen LogP contribution in [-0.4, -0.2) is 12.6 Å². The Morgan fingerprint density at radius 2 is 1.59 bits per heavy atom. The van der Waals surface area contributed by atoms with E-state index in [-0.39, 0.29) is 5.54 Å².